The zero-order chi connectivity index (χ0) is 29.5. The van der Waals surface area contributed by atoms with Crippen LogP contribution in [0.2, 0.25) is 0 Å². The number of halogens is 11. The Morgan fingerprint density at radius 3 is 1.90 bits per heavy atom. The Labute approximate surface area is 212 Å². The molecule has 0 saturated heterocycles. The average molecular weight is 588 g/mol. The fourth-order valence-corrected chi connectivity index (χ4v) is 2.64. The molecule has 39 heavy (non-hydrogen) atoms. The SMILES string of the molecule is Oc1cc(-c2ncccn2)ccc1OCCCCCOCC(F)(F)OC(F)(F)C(F)(F)OC(F)(F)C(F)(F)F. The summed E-state index contributed by atoms with van der Waals surface area (Å²) in [4.78, 5) is 8.05. The molecule has 0 aliphatic heterocycles. The van der Waals surface area contributed by atoms with E-state index in [0.29, 0.717) is 17.8 Å². The van der Waals surface area contributed by atoms with Gasteiger partial charge in [0, 0.05) is 24.6 Å². The Morgan fingerprint density at radius 2 is 1.31 bits per heavy atom. The molecule has 0 aliphatic rings. The highest BCUT2D eigenvalue weighted by Gasteiger charge is 2.72. The van der Waals surface area contributed by atoms with Crippen molar-refractivity contribution in [2.75, 3.05) is 19.8 Å². The summed E-state index contributed by atoms with van der Waals surface area (Å²) in [6, 6.07) is 6.03. The van der Waals surface area contributed by atoms with Crippen molar-refractivity contribution >= 4 is 0 Å². The first-order valence-corrected chi connectivity index (χ1v) is 10.7. The Balaban J connectivity index is 1.71. The molecule has 0 radical (unpaired) electrons. The molecule has 1 heterocycles. The van der Waals surface area contributed by atoms with E-state index in [4.69, 9.17) is 4.74 Å². The van der Waals surface area contributed by atoms with Crippen molar-refractivity contribution < 1.29 is 72.3 Å². The summed E-state index contributed by atoms with van der Waals surface area (Å²) in [7, 11) is 0. The molecule has 0 spiro atoms. The normalized spacial score (nSPS) is 13.5. The highest BCUT2D eigenvalue weighted by molar-refractivity contribution is 5.60. The van der Waals surface area contributed by atoms with E-state index >= 15 is 0 Å². The van der Waals surface area contributed by atoms with E-state index in [2.05, 4.69) is 19.4 Å². The van der Waals surface area contributed by atoms with Crippen molar-refractivity contribution in [3.63, 3.8) is 0 Å². The second-order valence-corrected chi connectivity index (χ2v) is 7.61. The van der Waals surface area contributed by atoms with Crippen molar-refractivity contribution in [2.45, 2.75) is 49.9 Å². The third-order valence-corrected chi connectivity index (χ3v) is 4.45. The van der Waals surface area contributed by atoms with Crippen LogP contribution in [-0.2, 0) is 14.2 Å². The molecular formula is C21H19F11N2O5. The number of phenolic OH excluding ortho intramolecular Hbond substituents is 1. The molecule has 0 bridgehead atoms. The number of unbranched alkanes of at least 4 members (excludes halogenated alkanes) is 2. The Morgan fingerprint density at radius 1 is 0.718 bits per heavy atom. The van der Waals surface area contributed by atoms with Gasteiger partial charge in [-0.3, -0.25) is 0 Å². The third kappa shape index (κ3) is 9.31. The lowest BCUT2D eigenvalue weighted by molar-refractivity contribution is -0.537. The number of aromatic hydroxyl groups is 1. The van der Waals surface area contributed by atoms with E-state index in [0.717, 1.165) is 0 Å². The van der Waals surface area contributed by atoms with Crippen LogP contribution in [-0.4, -0.2) is 65.5 Å². The van der Waals surface area contributed by atoms with Gasteiger partial charge in [0.1, 0.15) is 6.61 Å². The van der Waals surface area contributed by atoms with Crippen molar-refractivity contribution in [2.24, 2.45) is 0 Å². The van der Waals surface area contributed by atoms with Gasteiger partial charge in [0.25, 0.3) is 0 Å². The van der Waals surface area contributed by atoms with E-state index < -0.39 is 43.8 Å². The number of hydrogen-bond donors (Lipinski definition) is 1. The number of nitrogens with zero attached hydrogens (tertiary/aromatic N) is 2. The second-order valence-electron chi connectivity index (χ2n) is 7.61. The molecule has 0 aliphatic carbocycles. The molecule has 7 nitrogen and oxygen atoms in total. The van der Waals surface area contributed by atoms with Crippen LogP contribution in [0.5, 0.6) is 11.5 Å². The molecule has 0 saturated carbocycles. The summed E-state index contributed by atoms with van der Waals surface area (Å²) < 4.78 is 154. The number of benzene rings is 1. The van der Waals surface area contributed by atoms with Crippen molar-refractivity contribution in [3.8, 4) is 22.9 Å². The maximum atomic E-state index is 13.4. The average Bonchev–Trinajstić information content (AvgIpc) is 2.80. The number of aromatic nitrogens is 2. The van der Waals surface area contributed by atoms with E-state index in [9.17, 15) is 53.4 Å². The summed E-state index contributed by atoms with van der Waals surface area (Å²) in [5, 5.41) is 10.0. The van der Waals surface area contributed by atoms with E-state index in [-0.39, 0.29) is 30.9 Å². The van der Waals surface area contributed by atoms with Crippen LogP contribution in [0, 0.1) is 0 Å². The molecule has 0 unspecified atom stereocenters. The van der Waals surface area contributed by atoms with E-state index in [1.807, 2.05) is 0 Å². The topological polar surface area (TPSA) is 82.9 Å². The maximum absolute atomic E-state index is 13.4. The Bertz CT molecular complexity index is 1060. The molecule has 2 aromatic rings. The molecule has 1 aromatic carbocycles. The van der Waals surface area contributed by atoms with Crippen molar-refractivity contribution in [3.05, 3.63) is 36.7 Å². The zero-order valence-electron chi connectivity index (χ0n) is 19.3. The molecule has 0 atom stereocenters. The molecule has 2 rings (SSSR count). The van der Waals surface area contributed by atoms with Gasteiger partial charge in [-0.25, -0.2) is 19.4 Å². The second kappa shape index (κ2) is 12.5. The third-order valence-electron chi connectivity index (χ3n) is 4.45. The number of hydrogen-bond acceptors (Lipinski definition) is 7. The van der Waals surface area contributed by atoms with Crippen LogP contribution in [0.1, 0.15) is 19.3 Å². The lowest BCUT2D eigenvalue weighted by atomic mass is 10.2. The summed E-state index contributed by atoms with van der Waals surface area (Å²) in [5.41, 5.74) is 0.520. The quantitative estimate of drug-likeness (QED) is 0.191. The Hall–Kier alpha value is -2.99. The van der Waals surface area contributed by atoms with Crippen LogP contribution in [0.3, 0.4) is 0 Å². The predicted octanol–water partition coefficient (Wildman–Crippen LogP) is 6.38. The van der Waals surface area contributed by atoms with Gasteiger partial charge < -0.3 is 14.6 Å². The molecule has 0 amide bonds. The number of phenols is 1. The van der Waals surface area contributed by atoms with Gasteiger partial charge in [-0.05, 0) is 43.5 Å². The fourth-order valence-electron chi connectivity index (χ4n) is 2.64. The summed E-state index contributed by atoms with van der Waals surface area (Å²) >= 11 is 0. The van der Waals surface area contributed by atoms with E-state index in [1.54, 1.807) is 16.9 Å². The largest absolute Gasteiger partial charge is 0.504 e. The van der Waals surface area contributed by atoms with Gasteiger partial charge in [-0.15, -0.1) is 0 Å². The highest BCUT2D eigenvalue weighted by Crippen LogP contribution is 2.47. The van der Waals surface area contributed by atoms with Gasteiger partial charge in [0.05, 0.1) is 6.61 Å². The van der Waals surface area contributed by atoms with Crippen LogP contribution < -0.4 is 4.74 Å². The monoisotopic (exact) mass is 588 g/mol. The molecule has 1 N–H and O–H groups in total. The van der Waals surface area contributed by atoms with Crippen LogP contribution in [0.15, 0.2) is 36.7 Å². The van der Waals surface area contributed by atoms with Gasteiger partial charge in [-0.2, -0.15) is 48.3 Å². The number of ether oxygens (including phenoxy) is 4. The number of alkyl halides is 11. The first kappa shape index (κ1) is 32.2. The maximum Gasteiger partial charge on any atom is 0.483 e. The first-order valence-electron chi connectivity index (χ1n) is 10.7. The summed E-state index contributed by atoms with van der Waals surface area (Å²) in [6.45, 7) is -2.53. The standard InChI is InChI=1S/C21H19F11N2O5/c22-17(23,38-20(29,30)21(31,32)39-19(27,28)18(24,25)26)12-36-9-2-1-3-10-37-15-6-5-13(11-14(15)35)16-33-7-4-8-34-16/h4-8,11,35H,1-3,9-10,12H2. The van der Waals surface area contributed by atoms with Crippen LogP contribution in [0.4, 0.5) is 48.3 Å². The predicted molar refractivity (Wildman–Crippen MR) is 107 cm³/mol. The molecule has 18 heteroatoms. The van der Waals surface area contributed by atoms with Gasteiger partial charge in [0.2, 0.25) is 0 Å². The minimum absolute atomic E-state index is 0.0309. The minimum Gasteiger partial charge on any atom is -0.504 e. The molecule has 1 aromatic heterocycles. The smallest absolute Gasteiger partial charge is 0.483 e. The van der Waals surface area contributed by atoms with Crippen LogP contribution >= 0.6 is 0 Å². The zero-order valence-corrected chi connectivity index (χ0v) is 19.3. The first-order chi connectivity index (χ1) is 17.9. The minimum atomic E-state index is -6.84. The fraction of sp³-hybridized carbons (Fsp3) is 0.524. The van der Waals surface area contributed by atoms with Gasteiger partial charge in [-0.1, -0.05) is 0 Å². The lowest BCUT2D eigenvalue weighted by Gasteiger charge is -2.31. The van der Waals surface area contributed by atoms with Crippen molar-refractivity contribution in [1.82, 2.24) is 9.97 Å². The molecule has 220 valence electrons. The summed E-state index contributed by atoms with van der Waals surface area (Å²) in [5.74, 6) is 0.280. The molecule has 0 fully saturated rings. The van der Waals surface area contributed by atoms with E-state index in [1.165, 1.54) is 24.5 Å². The van der Waals surface area contributed by atoms with Crippen LogP contribution in [0.25, 0.3) is 11.4 Å². The molecular weight excluding hydrogens is 569 g/mol. The summed E-state index contributed by atoms with van der Waals surface area (Å²) in [6.07, 6.45) is -28.6. The van der Waals surface area contributed by atoms with Crippen molar-refractivity contribution in [1.29, 1.82) is 0 Å². The highest BCUT2D eigenvalue weighted by atomic mass is 19.4. The van der Waals surface area contributed by atoms with Gasteiger partial charge in [0.15, 0.2) is 17.3 Å². The Kier molecular flexibility index (Phi) is 10.3. The number of rotatable bonds is 15. The lowest BCUT2D eigenvalue weighted by Crippen LogP contribution is -2.55. The van der Waals surface area contributed by atoms with Gasteiger partial charge >= 0.3 is 30.6 Å².